The van der Waals surface area contributed by atoms with Crippen LogP contribution >= 0.6 is 0 Å². The van der Waals surface area contributed by atoms with Crippen LogP contribution in [0.3, 0.4) is 0 Å². The zero-order chi connectivity index (χ0) is 13.2. The summed E-state index contributed by atoms with van der Waals surface area (Å²) in [4.78, 5) is 11.4. The van der Waals surface area contributed by atoms with Gasteiger partial charge in [0.15, 0.2) is 0 Å². The number of hydrogen-bond acceptors (Lipinski definition) is 3. The molecule has 0 spiro atoms. The van der Waals surface area contributed by atoms with E-state index in [1.807, 2.05) is 12.1 Å². The first-order valence-electron chi connectivity index (χ1n) is 7.19. The van der Waals surface area contributed by atoms with Crippen molar-refractivity contribution in [3.05, 3.63) is 35.4 Å². The van der Waals surface area contributed by atoms with Crippen LogP contribution < -0.4 is 5.32 Å². The molecule has 0 aromatic heterocycles. The molecule has 102 valence electrons. The lowest BCUT2D eigenvalue weighted by atomic mass is 9.85. The van der Waals surface area contributed by atoms with E-state index in [9.17, 15) is 4.79 Å². The van der Waals surface area contributed by atoms with Crippen LogP contribution in [0.2, 0.25) is 0 Å². The molecule has 3 heteroatoms. The highest BCUT2D eigenvalue weighted by Gasteiger charge is 2.34. The highest BCUT2D eigenvalue weighted by molar-refractivity contribution is 5.89. The van der Waals surface area contributed by atoms with Crippen molar-refractivity contribution in [3.63, 3.8) is 0 Å². The summed E-state index contributed by atoms with van der Waals surface area (Å²) in [5, 5.41) is 3.59. The highest BCUT2D eigenvalue weighted by atomic mass is 16.5. The molecule has 2 fully saturated rings. The third-order valence-corrected chi connectivity index (χ3v) is 4.47. The molecule has 1 saturated heterocycles. The van der Waals surface area contributed by atoms with Gasteiger partial charge in [-0.3, -0.25) is 0 Å². The van der Waals surface area contributed by atoms with Crippen molar-refractivity contribution >= 4 is 5.97 Å². The topological polar surface area (TPSA) is 38.3 Å². The average Bonchev–Trinajstić information content (AvgIpc) is 3.31. The summed E-state index contributed by atoms with van der Waals surface area (Å²) < 4.78 is 4.72. The van der Waals surface area contributed by atoms with Crippen molar-refractivity contribution in [2.45, 2.75) is 31.7 Å². The van der Waals surface area contributed by atoms with Gasteiger partial charge in [0, 0.05) is 6.04 Å². The maximum atomic E-state index is 11.4. The summed E-state index contributed by atoms with van der Waals surface area (Å²) in [6, 6.07) is 8.29. The molecule has 3 nitrogen and oxygen atoms in total. The molecule has 1 aliphatic heterocycles. The number of piperidine rings is 1. The van der Waals surface area contributed by atoms with E-state index < -0.39 is 0 Å². The van der Waals surface area contributed by atoms with E-state index in [2.05, 4.69) is 17.4 Å². The van der Waals surface area contributed by atoms with Gasteiger partial charge >= 0.3 is 5.97 Å². The fraction of sp³-hybridized carbons (Fsp3) is 0.562. The Bertz CT molecular complexity index is 450. The van der Waals surface area contributed by atoms with Gasteiger partial charge in [0.05, 0.1) is 12.7 Å². The first-order chi connectivity index (χ1) is 9.28. The van der Waals surface area contributed by atoms with Crippen molar-refractivity contribution < 1.29 is 9.53 Å². The number of carbonyl (C=O) groups excluding carboxylic acids is 1. The van der Waals surface area contributed by atoms with Gasteiger partial charge in [0.25, 0.3) is 0 Å². The van der Waals surface area contributed by atoms with Gasteiger partial charge in [-0.15, -0.1) is 0 Å². The predicted molar refractivity (Wildman–Crippen MR) is 74.0 cm³/mol. The van der Waals surface area contributed by atoms with Crippen molar-refractivity contribution in [1.29, 1.82) is 0 Å². The standard InChI is InChI=1S/C16H21NO2/c1-19-16(18)13-6-4-12(5-7-13)15-10-14(8-9-17-15)11-2-3-11/h4-7,11,14-15,17H,2-3,8-10H2,1H3/t14-,15+/m1/s1. The zero-order valence-corrected chi connectivity index (χ0v) is 11.4. The highest BCUT2D eigenvalue weighted by Crippen LogP contribution is 2.44. The lowest BCUT2D eigenvalue weighted by molar-refractivity contribution is 0.0600. The molecule has 1 aromatic rings. The third kappa shape index (κ3) is 2.81. The van der Waals surface area contributed by atoms with Crippen LogP contribution in [0.15, 0.2) is 24.3 Å². The number of benzene rings is 1. The van der Waals surface area contributed by atoms with Crippen LogP contribution in [0.1, 0.15) is 47.6 Å². The van der Waals surface area contributed by atoms with E-state index in [1.165, 1.54) is 38.4 Å². The van der Waals surface area contributed by atoms with E-state index in [1.54, 1.807) is 0 Å². The molecule has 0 radical (unpaired) electrons. The molecule has 1 aromatic carbocycles. The Hall–Kier alpha value is -1.35. The number of methoxy groups -OCH3 is 1. The quantitative estimate of drug-likeness (QED) is 0.848. The van der Waals surface area contributed by atoms with Crippen molar-refractivity contribution in [2.24, 2.45) is 11.8 Å². The minimum atomic E-state index is -0.265. The minimum Gasteiger partial charge on any atom is -0.465 e. The summed E-state index contributed by atoms with van der Waals surface area (Å²) in [6.45, 7) is 1.12. The fourth-order valence-corrected chi connectivity index (χ4v) is 3.17. The molecule has 2 atom stereocenters. The van der Waals surface area contributed by atoms with Crippen LogP contribution in [0, 0.1) is 11.8 Å². The Kier molecular flexibility index (Phi) is 3.56. The molecule has 0 amide bonds. The van der Waals surface area contributed by atoms with Crippen molar-refractivity contribution in [1.82, 2.24) is 5.32 Å². The second-order valence-corrected chi connectivity index (χ2v) is 5.74. The normalized spacial score (nSPS) is 27.0. The molecular formula is C16H21NO2. The minimum absolute atomic E-state index is 0.265. The summed E-state index contributed by atoms with van der Waals surface area (Å²) in [7, 11) is 1.42. The monoisotopic (exact) mass is 259 g/mol. The Morgan fingerprint density at radius 3 is 2.53 bits per heavy atom. The van der Waals surface area contributed by atoms with Crippen molar-refractivity contribution in [2.75, 3.05) is 13.7 Å². The maximum absolute atomic E-state index is 11.4. The largest absolute Gasteiger partial charge is 0.465 e. The summed E-state index contributed by atoms with van der Waals surface area (Å²) in [5.41, 5.74) is 1.92. The number of ether oxygens (including phenoxy) is 1. The molecule has 1 N–H and O–H groups in total. The summed E-state index contributed by atoms with van der Waals surface area (Å²) in [5.74, 6) is 1.62. The number of hydrogen-bond donors (Lipinski definition) is 1. The first-order valence-corrected chi connectivity index (χ1v) is 7.19. The predicted octanol–water partition coefficient (Wildman–Crippen LogP) is 2.92. The number of carbonyl (C=O) groups is 1. The van der Waals surface area contributed by atoms with Crippen LogP contribution in [-0.2, 0) is 4.74 Å². The van der Waals surface area contributed by atoms with E-state index in [0.29, 0.717) is 11.6 Å². The number of nitrogens with one attached hydrogen (secondary N) is 1. The van der Waals surface area contributed by atoms with Gasteiger partial charge in [-0.2, -0.15) is 0 Å². The van der Waals surface area contributed by atoms with Crippen LogP contribution in [-0.4, -0.2) is 19.6 Å². The molecule has 1 saturated carbocycles. The van der Waals surface area contributed by atoms with E-state index in [-0.39, 0.29) is 5.97 Å². The van der Waals surface area contributed by atoms with Gasteiger partial charge in [0.1, 0.15) is 0 Å². The maximum Gasteiger partial charge on any atom is 0.337 e. The third-order valence-electron chi connectivity index (χ3n) is 4.47. The van der Waals surface area contributed by atoms with Gasteiger partial charge in [0.2, 0.25) is 0 Å². The van der Waals surface area contributed by atoms with Gasteiger partial charge in [-0.25, -0.2) is 4.79 Å². The van der Waals surface area contributed by atoms with Crippen LogP contribution in [0.25, 0.3) is 0 Å². The smallest absolute Gasteiger partial charge is 0.337 e. The van der Waals surface area contributed by atoms with E-state index in [0.717, 1.165) is 18.4 Å². The van der Waals surface area contributed by atoms with Crippen LogP contribution in [0.4, 0.5) is 0 Å². The molecular weight excluding hydrogens is 238 g/mol. The SMILES string of the molecule is COC(=O)c1ccc([C@@H]2C[C@H](C3CC3)CCN2)cc1. The van der Waals surface area contributed by atoms with E-state index in [4.69, 9.17) is 4.74 Å². The second kappa shape index (κ2) is 5.33. The van der Waals surface area contributed by atoms with E-state index >= 15 is 0 Å². The van der Waals surface area contributed by atoms with Gasteiger partial charge in [-0.05, 0) is 61.8 Å². The molecule has 0 bridgehead atoms. The molecule has 3 rings (SSSR count). The Morgan fingerprint density at radius 1 is 1.16 bits per heavy atom. The molecule has 19 heavy (non-hydrogen) atoms. The average molecular weight is 259 g/mol. The second-order valence-electron chi connectivity index (χ2n) is 5.74. The van der Waals surface area contributed by atoms with Gasteiger partial charge < -0.3 is 10.1 Å². The Morgan fingerprint density at radius 2 is 1.89 bits per heavy atom. The van der Waals surface area contributed by atoms with Crippen molar-refractivity contribution in [3.8, 4) is 0 Å². The molecule has 0 unspecified atom stereocenters. The van der Waals surface area contributed by atoms with Crippen LogP contribution in [0.5, 0.6) is 0 Å². The summed E-state index contributed by atoms with van der Waals surface area (Å²) in [6.07, 6.45) is 5.42. The van der Waals surface area contributed by atoms with Gasteiger partial charge in [-0.1, -0.05) is 12.1 Å². The lowest BCUT2D eigenvalue weighted by Crippen LogP contribution is -2.32. The Balaban J connectivity index is 1.69. The molecule has 1 heterocycles. The zero-order valence-electron chi connectivity index (χ0n) is 11.4. The Labute approximate surface area is 114 Å². The lowest BCUT2D eigenvalue weighted by Gasteiger charge is -2.30. The number of esters is 1. The molecule has 1 aliphatic carbocycles. The fourth-order valence-electron chi connectivity index (χ4n) is 3.17. The summed E-state index contributed by atoms with van der Waals surface area (Å²) >= 11 is 0. The first kappa shape index (κ1) is 12.7. The number of rotatable bonds is 3. The molecule has 2 aliphatic rings.